The molecule has 2 amide bonds. The molecule has 0 aliphatic heterocycles. The van der Waals surface area contributed by atoms with E-state index in [1.165, 1.54) is 0 Å². The summed E-state index contributed by atoms with van der Waals surface area (Å²) in [7, 11) is 0. The number of amides is 2. The van der Waals surface area contributed by atoms with Crippen LogP contribution in [0.25, 0.3) is 0 Å². The average molecular weight is 320 g/mol. The van der Waals surface area contributed by atoms with Crippen LogP contribution in [-0.4, -0.2) is 42.5 Å². The van der Waals surface area contributed by atoms with Gasteiger partial charge in [0, 0.05) is 18.4 Å². The van der Waals surface area contributed by atoms with Gasteiger partial charge < -0.3 is 25.6 Å². The number of carbonyl (C=O) groups excluding carboxylic acids is 2. The highest BCUT2D eigenvalue weighted by Crippen LogP contribution is 2.24. The van der Waals surface area contributed by atoms with E-state index in [1.54, 1.807) is 0 Å². The number of aliphatic carboxylic acids is 1. The predicted octanol–water partition coefficient (Wildman–Crippen LogP) is 2.11. The van der Waals surface area contributed by atoms with Crippen LogP contribution in [0, 0.1) is 5.41 Å². The molecule has 8 heteroatoms. The third kappa shape index (κ3) is 16.1. The van der Waals surface area contributed by atoms with Crippen molar-refractivity contribution in [1.82, 2.24) is 5.32 Å². The fourth-order valence-corrected chi connectivity index (χ4v) is 1.55. The molecule has 0 aromatic heterocycles. The highest BCUT2D eigenvalue weighted by Gasteiger charge is 2.27. The molecule has 1 atom stereocenters. The van der Waals surface area contributed by atoms with E-state index in [-0.39, 0.29) is 19.3 Å². The molecule has 0 heterocycles. The van der Waals surface area contributed by atoms with E-state index in [9.17, 15) is 9.59 Å². The molecule has 0 aromatic rings. The quantitative estimate of drug-likeness (QED) is 0.659. The molecule has 0 bridgehead atoms. The summed E-state index contributed by atoms with van der Waals surface area (Å²) in [6.07, 6.45) is 0.388. The molecule has 8 nitrogen and oxygen atoms in total. The first-order valence-electron chi connectivity index (χ1n) is 7.07. The largest absolute Gasteiger partial charge is 0.481 e. The highest BCUT2D eigenvalue weighted by atomic mass is 16.6. The first-order valence-corrected chi connectivity index (χ1v) is 7.07. The maximum absolute atomic E-state index is 11.4. The van der Waals surface area contributed by atoms with Gasteiger partial charge in [0.15, 0.2) is 0 Å². The minimum Gasteiger partial charge on any atom is -0.481 e. The van der Waals surface area contributed by atoms with Gasteiger partial charge in [-0.05, 0) is 20.3 Å². The lowest BCUT2D eigenvalue weighted by molar-refractivity contribution is -0.134. The number of ether oxygens (including phenoxy) is 2. The van der Waals surface area contributed by atoms with Crippen LogP contribution in [0.1, 0.15) is 47.5 Å². The minimum atomic E-state index is -0.833. The van der Waals surface area contributed by atoms with Crippen molar-refractivity contribution in [3.63, 3.8) is 0 Å². The normalized spacial score (nSPS) is 12.5. The second-order valence-electron chi connectivity index (χ2n) is 5.56. The van der Waals surface area contributed by atoms with Gasteiger partial charge >= 0.3 is 12.2 Å². The van der Waals surface area contributed by atoms with Gasteiger partial charge in [-0.25, -0.2) is 9.59 Å². The van der Waals surface area contributed by atoms with Gasteiger partial charge in [0.2, 0.25) is 0 Å². The second-order valence-corrected chi connectivity index (χ2v) is 5.56. The Morgan fingerprint density at radius 3 is 2.05 bits per heavy atom. The molecule has 130 valence electrons. The zero-order valence-corrected chi connectivity index (χ0v) is 14.0. The molecule has 0 rings (SSSR count). The Bertz CT molecular complexity index is 355. The van der Waals surface area contributed by atoms with E-state index >= 15 is 0 Å². The monoisotopic (exact) mass is 320 g/mol. The molecule has 0 aromatic carbocycles. The van der Waals surface area contributed by atoms with Crippen LogP contribution in [0.15, 0.2) is 0 Å². The molecule has 22 heavy (non-hydrogen) atoms. The number of nitrogens with one attached hydrogen (secondary N) is 1. The molecule has 0 saturated heterocycles. The number of carboxylic acids is 1. The fourth-order valence-electron chi connectivity index (χ4n) is 1.55. The van der Waals surface area contributed by atoms with Crippen molar-refractivity contribution in [3.8, 4) is 0 Å². The number of primary amides is 1. The third-order valence-corrected chi connectivity index (χ3v) is 2.37. The maximum atomic E-state index is 11.4. The maximum Gasteiger partial charge on any atom is 0.407 e. The van der Waals surface area contributed by atoms with Crippen LogP contribution < -0.4 is 11.1 Å². The van der Waals surface area contributed by atoms with Crippen molar-refractivity contribution in [1.29, 1.82) is 0 Å². The van der Waals surface area contributed by atoms with Crippen molar-refractivity contribution in [2.75, 3.05) is 13.2 Å². The molecule has 0 saturated carbocycles. The lowest BCUT2D eigenvalue weighted by atomic mass is 9.87. The Kier molecular flexibility index (Phi) is 11.8. The molecule has 0 aliphatic rings. The summed E-state index contributed by atoms with van der Waals surface area (Å²) in [5, 5.41) is 10.0. The van der Waals surface area contributed by atoms with Crippen LogP contribution >= 0.6 is 0 Å². The molecular formula is C14H28N2O6. The van der Waals surface area contributed by atoms with E-state index < -0.39 is 23.6 Å². The van der Waals surface area contributed by atoms with Gasteiger partial charge in [0.25, 0.3) is 5.97 Å². The first kappa shape index (κ1) is 22.3. The van der Waals surface area contributed by atoms with Crippen LogP contribution in [0.5, 0.6) is 0 Å². The summed E-state index contributed by atoms with van der Waals surface area (Å²) in [6, 6.07) is 0.0248. The number of alkyl carbamates (subject to hydrolysis) is 1. The lowest BCUT2D eigenvalue weighted by Crippen LogP contribution is -2.37. The highest BCUT2D eigenvalue weighted by molar-refractivity contribution is 5.67. The van der Waals surface area contributed by atoms with Gasteiger partial charge in [-0.3, -0.25) is 4.79 Å². The SMILES string of the molecule is CC(=O)O.CCCC(C)(COC(N)=O)COC(=O)NC(C)C. The van der Waals surface area contributed by atoms with Crippen molar-refractivity contribution in [2.24, 2.45) is 11.1 Å². The Balaban J connectivity index is 0. The van der Waals surface area contributed by atoms with Crippen molar-refractivity contribution >= 4 is 18.2 Å². The zero-order valence-electron chi connectivity index (χ0n) is 14.0. The van der Waals surface area contributed by atoms with Crippen molar-refractivity contribution < 1.29 is 29.0 Å². The van der Waals surface area contributed by atoms with E-state index in [2.05, 4.69) is 5.32 Å². The Morgan fingerprint density at radius 1 is 1.23 bits per heavy atom. The van der Waals surface area contributed by atoms with Gasteiger partial charge in [-0.1, -0.05) is 20.3 Å². The number of nitrogens with two attached hydrogens (primary N) is 1. The van der Waals surface area contributed by atoms with Crippen LogP contribution in [0.4, 0.5) is 9.59 Å². The second kappa shape index (κ2) is 11.6. The van der Waals surface area contributed by atoms with E-state index in [1.807, 2.05) is 27.7 Å². The summed E-state index contributed by atoms with van der Waals surface area (Å²) in [5.74, 6) is -0.833. The average Bonchev–Trinajstić information content (AvgIpc) is 2.33. The molecular weight excluding hydrogens is 292 g/mol. The zero-order chi connectivity index (χ0) is 17.8. The Hall–Kier alpha value is -1.99. The van der Waals surface area contributed by atoms with Gasteiger partial charge in [-0.15, -0.1) is 0 Å². The van der Waals surface area contributed by atoms with Gasteiger partial charge in [0.1, 0.15) is 13.2 Å². The van der Waals surface area contributed by atoms with Gasteiger partial charge in [0.05, 0.1) is 0 Å². The summed E-state index contributed by atoms with van der Waals surface area (Å²) in [5.41, 5.74) is 4.53. The van der Waals surface area contributed by atoms with Gasteiger partial charge in [-0.2, -0.15) is 0 Å². The van der Waals surface area contributed by atoms with E-state index in [0.717, 1.165) is 19.8 Å². The topological polar surface area (TPSA) is 128 Å². The number of carbonyl (C=O) groups is 3. The minimum absolute atomic E-state index is 0.0248. The third-order valence-electron chi connectivity index (χ3n) is 2.37. The number of rotatable bonds is 7. The summed E-state index contributed by atoms with van der Waals surface area (Å²) in [4.78, 5) is 31.0. The molecule has 0 radical (unpaired) electrons. The van der Waals surface area contributed by atoms with Crippen molar-refractivity contribution in [3.05, 3.63) is 0 Å². The number of hydrogen-bond acceptors (Lipinski definition) is 5. The van der Waals surface area contributed by atoms with E-state index in [0.29, 0.717) is 0 Å². The first-order chi connectivity index (χ1) is 10.0. The summed E-state index contributed by atoms with van der Waals surface area (Å²) >= 11 is 0. The lowest BCUT2D eigenvalue weighted by Gasteiger charge is -2.27. The predicted molar refractivity (Wildman–Crippen MR) is 81.5 cm³/mol. The smallest absolute Gasteiger partial charge is 0.407 e. The van der Waals surface area contributed by atoms with Crippen LogP contribution in [0.2, 0.25) is 0 Å². The van der Waals surface area contributed by atoms with Crippen LogP contribution in [-0.2, 0) is 14.3 Å². The Labute approximate surface area is 131 Å². The van der Waals surface area contributed by atoms with Crippen molar-refractivity contribution in [2.45, 2.75) is 53.5 Å². The number of hydrogen-bond donors (Lipinski definition) is 3. The molecule has 0 aliphatic carbocycles. The Morgan fingerprint density at radius 2 is 1.68 bits per heavy atom. The summed E-state index contributed by atoms with van der Waals surface area (Å²) in [6.45, 7) is 9.02. The molecule has 0 spiro atoms. The molecule has 0 fully saturated rings. The van der Waals surface area contributed by atoms with E-state index in [4.69, 9.17) is 25.1 Å². The summed E-state index contributed by atoms with van der Waals surface area (Å²) < 4.78 is 9.92. The number of carboxylic acid groups (broad SMARTS) is 1. The fraction of sp³-hybridized carbons (Fsp3) is 0.786. The molecule has 1 unspecified atom stereocenters. The van der Waals surface area contributed by atoms with Crippen LogP contribution in [0.3, 0.4) is 0 Å². The standard InChI is InChI=1S/C12H24N2O4.C2H4O2/c1-5-6-12(4,7-17-10(13)15)8-18-11(16)14-9(2)3;1-2(3)4/h9H,5-8H2,1-4H3,(H2,13,15)(H,14,16);1H3,(H,3,4). The molecule has 4 N–H and O–H groups in total.